The van der Waals surface area contributed by atoms with Crippen LogP contribution in [-0.4, -0.2) is 41.1 Å². The van der Waals surface area contributed by atoms with Gasteiger partial charge in [-0.05, 0) is 43.4 Å². The van der Waals surface area contributed by atoms with Gasteiger partial charge in [0.1, 0.15) is 0 Å². The topological polar surface area (TPSA) is 62.5 Å². The van der Waals surface area contributed by atoms with Crippen LogP contribution in [0.4, 0.5) is 5.69 Å². The van der Waals surface area contributed by atoms with E-state index in [2.05, 4.69) is 39.3 Å². The molecule has 2 aromatic carbocycles. The van der Waals surface area contributed by atoms with Crippen molar-refractivity contribution in [1.82, 2.24) is 15.0 Å². The van der Waals surface area contributed by atoms with Gasteiger partial charge < -0.3 is 14.3 Å². The van der Waals surface area contributed by atoms with Crippen molar-refractivity contribution in [3.05, 3.63) is 66.1 Å². The normalized spacial score (nSPS) is 13.9. The van der Waals surface area contributed by atoms with Gasteiger partial charge in [0.2, 0.25) is 17.6 Å². The summed E-state index contributed by atoms with van der Waals surface area (Å²) in [5.74, 6) is 1.29. The number of amides is 1. The van der Waals surface area contributed by atoms with Crippen molar-refractivity contribution >= 4 is 11.6 Å². The largest absolute Gasteiger partial charge is 0.372 e. The zero-order valence-electron chi connectivity index (χ0n) is 18.2. The van der Waals surface area contributed by atoms with Crippen LogP contribution >= 0.6 is 0 Å². The number of nitrogens with zero attached hydrogens (tertiary/aromatic N) is 4. The van der Waals surface area contributed by atoms with Crippen LogP contribution < -0.4 is 4.90 Å². The molecule has 0 bridgehead atoms. The van der Waals surface area contributed by atoms with Crippen LogP contribution in [0.25, 0.3) is 11.4 Å². The van der Waals surface area contributed by atoms with E-state index in [9.17, 15) is 4.79 Å². The summed E-state index contributed by atoms with van der Waals surface area (Å²) in [6.07, 6.45) is 5.64. The van der Waals surface area contributed by atoms with E-state index < -0.39 is 0 Å². The standard InChI is InChI=1S/C25H30N4O2/c1-28(19-20-13-15-22(16-14-20)29-17-6-3-7-18-29)24(30)12-8-11-23-26-25(27-31-23)21-9-4-2-5-10-21/h2,4-5,9-10,13-16H,3,6-8,11-12,17-19H2,1H3. The van der Waals surface area contributed by atoms with Gasteiger partial charge in [0.05, 0.1) is 0 Å². The Morgan fingerprint density at radius 3 is 2.52 bits per heavy atom. The molecule has 1 fully saturated rings. The number of hydrogen-bond donors (Lipinski definition) is 0. The predicted octanol–water partition coefficient (Wildman–Crippen LogP) is 4.71. The summed E-state index contributed by atoms with van der Waals surface area (Å²) in [6, 6.07) is 18.4. The molecule has 162 valence electrons. The van der Waals surface area contributed by atoms with Crippen molar-refractivity contribution < 1.29 is 9.32 Å². The van der Waals surface area contributed by atoms with Gasteiger partial charge in [-0.1, -0.05) is 47.6 Å². The molecule has 3 aromatic rings. The zero-order chi connectivity index (χ0) is 21.5. The Kier molecular flexibility index (Phi) is 6.97. The summed E-state index contributed by atoms with van der Waals surface area (Å²) in [6.45, 7) is 2.91. The fourth-order valence-electron chi connectivity index (χ4n) is 3.97. The molecule has 1 aromatic heterocycles. The summed E-state index contributed by atoms with van der Waals surface area (Å²) in [5, 5.41) is 4.03. The lowest BCUT2D eigenvalue weighted by Crippen LogP contribution is -2.29. The van der Waals surface area contributed by atoms with E-state index >= 15 is 0 Å². The molecule has 1 amide bonds. The highest BCUT2D eigenvalue weighted by atomic mass is 16.5. The molecule has 6 nitrogen and oxygen atoms in total. The molecule has 1 saturated heterocycles. The number of carbonyl (C=O) groups is 1. The Morgan fingerprint density at radius 2 is 1.77 bits per heavy atom. The highest BCUT2D eigenvalue weighted by Gasteiger charge is 2.13. The van der Waals surface area contributed by atoms with Crippen LogP contribution in [0, 0.1) is 0 Å². The first-order valence-corrected chi connectivity index (χ1v) is 11.1. The molecule has 0 unspecified atom stereocenters. The van der Waals surface area contributed by atoms with Gasteiger partial charge in [-0.15, -0.1) is 0 Å². The first kappa shape index (κ1) is 21.1. The molecule has 6 heteroatoms. The third-order valence-corrected chi connectivity index (χ3v) is 5.78. The Hall–Kier alpha value is -3.15. The lowest BCUT2D eigenvalue weighted by Gasteiger charge is -2.29. The van der Waals surface area contributed by atoms with Gasteiger partial charge in [-0.25, -0.2) is 0 Å². The van der Waals surface area contributed by atoms with Crippen molar-refractivity contribution in [2.75, 3.05) is 25.0 Å². The van der Waals surface area contributed by atoms with E-state index in [1.165, 1.54) is 24.9 Å². The van der Waals surface area contributed by atoms with E-state index in [1.54, 1.807) is 4.90 Å². The van der Waals surface area contributed by atoms with Crippen LogP contribution in [0.3, 0.4) is 0 Å². The number of benzene rings is 2. The summed E-state index contributed by atoms with van der Waals surface area (Å²) in [4.78, 5) is 21.2. The monoisotopic (exact) mass is 418 g/mol. The zero-order valence-corrected chi connectivity index (χ0v) is 18.2. The van der Waals surface area contributed by atoms with Crippen LogP contribution in [0.1, 0.15) is 43.6 Å². The average Bonchev–Trinajstić information content (AvgIpc) is 3.29. The van der Waals surface area contributed by atoms with Crippen LogP contribution in [0.5, 0.6) is 0 Å². The van der Waals surface area contributed by atoms with E-state index in [4.69, 9.17) is 4.52 Å². The van der Waals surface area contributed by atoms with Crippen molar-refractivity contribution in [2.45, 2.75) is 45.1 Å². The number of hydrogen-bond acceptors (Lipinski definition) is 5. The maximum Gasteiger partial charge on any atom is 0.226 e. The van der Waals surface area contributed by atoms with Gasteiger partial charge in [0, 0.05) is 50.8 Å². The molecule has 0 aliphatic carbocycles. The maximum absolute atomic E-state index is 12.5. The third-order valence-electron chi connectivity index (χ3n) is 5.78. The molecule has 4 rings (SSSR count). The number of rotatable bonds is 8. The van der Waals surface area contributed by atoms with Gasteiger partial charge in [0.15, 0.2) is 0 Å². The van der Waals surface area contributed by atoms with Crippen molar-refractivity contribution in [3.8, 4) is 11.4 Å². The molecule has 0 saturated carbocycles. The number of anilines is 1. The van der Waals surface area contributed by atoms with Crippen molar-refractivity contribution in [3.63, 3.8) is 0 Å². The van der Waals surface area contributed by atoms with Crippen LogP contribution in [0.2, 0.25) is 0 Å². The average molecular weight is 419 g/mol. The molecule has 0 spiro atoms. The van der Waals surface area contributed by atoms with E-state index in [-0.39, 0.29) is 5.91 Å². The van der Waals surface area contributed by atoms with Gasteiger partial charge >= 0.3 is 0 Å². The number of piperidine rings is 1. The van der Waals surface area contributed by atoms with Crippen LogP contribution in [0.15, 0.2) is 59.1 Å². The Bertz CT molecular complexity index is 963. The van der Waals surface area contributed by atoms with Crippen molar-refractivity contribution in [1.29, 1.82) is 0 Å². The summed E-state index contributed by atoms with van der Waals surface area (Å²) >= 11 is 0. The number of aromatic nitrogens is 2. The number of carbonyl (C=O) groups excluding carboxylic acids is 1. The smallest absolute Gasteiger partial charge is 0.226 e. The quantitative estimate of drug-likeness (QED) is 0.530. The summed E-state index contributed by atoms with van der Waals surface area (Å²) < 4.78 is 5.33. The van der Waals surface area contributed by atoms with Gasteiger partial charge in [-0.2, -0.15) is 4.98 Å². The molecule has 0 atom stereocenters. The highest BCUT2D eigenvalue weighted by Crippen LogP contribution is 2.21. The SMILES string of the molecule is CN(Cc1ccc(N2CCCCC2)cc1)C(=O)CCCc1nc(-c2ccccc2)no1. The third kappa shape index (κ3) is 5.72. The molecule has 2 heterocycles. The Balaban J connectivity index is 1.22. The second-order valence-corrected chi connectivity index (χ2v) is 8.20. The predicted molar refractivity (Wildman–Crippen MR) is 122 cm³/mol. The lowest BCUT2D eigenvalue weighted by atomic mass is 10.1. The Labute approximate surface area is 183 Å². The van der Waals surface area contributed by atoms with E-state index in [0.717, 1.165) is 24.2 Å². The fraction of sp³-hybridized carbons (Fsp3) is 0.400. The lowest BCUT2D eigenvalue weighted by molar-refractivity contribution is -0.130. The van der Waals surface area contributed by atoms with Crippen LogP contribution in [-0.2, 0) is 17.8 Å². The molecular weight excluding hydrogens is 388 g/mol. The molecule has 1 aliphatic rings. The van der Waals surface area contributed by atoms with Crippen molar-refractivity contribution in [2.24, 2.45) is 0 Å². The second kappa shape index (κ2) is 10.2. The minimum Gasteiger partial charge on any atom is -0.372 e. The highest BCUT2D eigenvalue weighted by molar-refractivity contribution is 5.75. The second-order valence-electron chi connectivity index (χ2n) is 8.20. The molecule has 0 N–H and O–H groups in total. The first-order chi connectivity index (χ1) is 15.2. The van der Waals surface area contributed by atoms with E-state index in [0.29, 0.717) is 37.5 Å². The minimum atomic E-state index is 0.128. The summed E-state index contributed by atoms with van der Waals surface area (Å²) in [5.41, 5.74) is 3.37. The van der Waals surface area contributed by atoms with Gasteiger partial charge in [-0.3, -0.25) is 4.79 Å². The molecule has 0 radical (unpaired) electrons. The molecular formula is C25H30N4O2. The number of aryl methyl sites for hydroxylation is 1. The minimum absolute atomic E-state index is 0.128. The molecule has 31 heavy (non-hydrogen) atoms. The van der Waals surface area contributed by atoms with Gasteiger partial charge in [0.25, 0.3) is 0 Å². The first-order valence-electron chi connectivity index (χ1n) is 11.1. The van der Waals surface area contributed by atoms with E-state index in [1.807, 2.05) is 37.4 Å². The maximum atomic E-state index is 12.5. The Morgan fingerprint density at radius 1 is 1.03 bits per heavy atom. The summed E-state index contributed by atoms with van der Waals surface area (Å²) in [7, 11) is 1.86. The molecule has 1 aliphatic heterocycles. The fourth-order valence-corrected chi connectivity index (χ4v) is 3.97.